The molecular weight excluding hydrogens is 467 g/mol. The summed E-state index contributed by atoms with van der Waals surface area (Å²) < 4.78 is 32.1. The van der Waals surface area contributed by atoms with E-state index in [1.165, 1.54) is 22.8 Å². The maximum absolute atomic E-state index is 14.2. The number of esters is 2. The lowest BCUT2D eigenvalue weighted by Crippen LogP contribution is -2.25. The number of carbonyl (C=O) groups excluding carboxylic acids is 2. The van der Waals surface area contributed by atoms with Crippen LogP contribution in [0.5, 0.6) is 5.75 Å². The predicted octanol–water partition coefficient (Wildman–Crippen LogP) is 5.11. The minimum Gasteiger partial charge on any atom is -0.490 e. The summed E-state index contributed by atoms with van der Waals surface area (Å²) in [6, 6.07) is 5.61. The average molecular weight is 501 g/mol. The second kappa shape index (κ2) is 11.4. The van der Waals surface area contributed by atoms with E-state index in [9.17, 15) is 14.0 Å². The third-order valence-electron chi connectivity index (χ3n) is 5.17. The first-order chi connectivity index (χ1) is 17.0. The van der Waals surface area contributed by atoms with Gasteiger partial charge < -0.3 is 19.5 Å². The van der Waals surface area contributed by atoms with Gasteiger partial charge in [0.05, 0.1) is 24.9 Å². The van der Waals surface area contributed by atoms with Gasteiger partial charge in [0.2, 0.25) is 0 Å². The summed E-state index contributed by atoms with van der Waals surface area (Å²) in [6.07, 6.45) is 3.43. The molecular formula is C26H33FN4O5. The first-order valence-electron chi connectivity index (χ1n) is 11.9. The number of carbonyl (C=O) groups is 2. The van der Waals surface area contributed by atoms with E-state index in [0.717, 1.165) is 0 Å². The van der Waals surface area contributed by atoms with Gasteiger partial charge in [-0.05, 0) is 72.2 Å². The van der Waals surface area contributed by atoms with Crippen molar-refractivity contribution in [3.05, 3.63) is 53.6 Å². The standard InChI is InChI=1S/C26H33FN4O5/c1-7-34-25(33)20-15-28-31-13-12-22(30-24(20)31)29-17(3)19-14-18(27)9-10-21(19)35-16(2)8-11-23(32)36-26(4,5)6/h9-10,12-17H,7-8,11H2,1-6H3,(H,29,30)/t16-,17+/m0/s1. The molecule has 2 atom stereocenters. The fourth-order valence-corrected chi connectivity index (χ4v) is 3.56. The molecule has 0 spiro atoms. The Morgan fingerprint density at radius 2 is 1.94 bits per heavy atom. The van der Waals surface area contributed by atoms with Gasteiger partial charge in [-0.1, -0.05) is 0 Å². The molecule has 0 bridgehead atoms. The Morgan fingerprint density at radius 3 is 2.64 bits per heavy atom. The van der Waals surface area contributed by atoms with Crippen LogP contribution in [0.15, 0.2) is 36.7 Å². The molecule has 0 saturated carbocycles. The number of hydrogen-bond acceptors (Lipinski definition) is 8. The van der Waals surface area contributed by atoms with Crippen LogP contribution in [0.2, 0.25) is 0 Å². The van der Waals surface area contributed by atoms with Crippen molar-refractivity contribution in [3.63, 3.8) is 0 Å². The molecule has 0 unspecified atom stereocenters. The summed E-state index contributed by atoms with van der Waals surface area (Å²) in [6.45, 7) is 11.1. The number of benzene rings is 1. The van der Waals surface area contributed by atoms with Crippen LogP contribution in [-0.2, 0) is 14.3 Å². The number of nitrogens with one attached hydrogen (secondary N) is 1. The highest BCUT2D eigenvalue weighted by atomic mass is 19.1. The molecule has 0 radical (unpaired) electrons. The van der Waals surface area contributed by atoms with Gasteiger partial charge in [-0.3, -0.25) is 4.79 Å². The molecule has 1 N–H and O–H groups in total. The molecule has 9 nitrogen and oxygen atoms in total. The van der Waals surface area contributed by atoms with Gasteiger partial charge in [0.1, 0.15) is 28.5 Å². The van der Waals surface area contributed by atoms with E-state index in [2.05, 4.69) is 15.4 Å². The third-order valence-corrected chi connectivity index (χ3v) is 5.17. The van der Waals surface area contributed by atoms with Crippen LogP contribution in [0.3, 0.4) is 0 Å². The highest BCUT2D eigenvalue weighted by Crippen LogP contribution is 2.30. The molecule has 1 aromatic carbocycles. The second-order valence-electron chi connectivity index (χ2n) is 9.46. The monoisotopic (exact) mass is 500 g/mol. The van der Waals surface area contributed by atoms with Gasteiger partial charge in [-0.15, -0.1) is 0 Å². The van der Waals surface area contributed by atoms with E-state index in [1.807, 2.05) is 34.6 Å². The molecule has 3 rings (SSSR count). The molecule has 194 valence electrons. The second-order valence-corrected chi connectivity index (χ2v) is 9.46. The summed E-state index contributed by atoms with van der Waals surface area (Å²) in [4.78, 5) is 28.7. The fraction of sp³-hybridized carbons (Fsp3) is 0.462. The van der Waals surface area contributed by atoms with Gasteiger partial charge in [-0.2, -0.15) is 5.10 Å². The molecule has 0 fully saturated rings. The maximum atomic E-state index is 14.2. The van der Waals surface area contributed by atoms with Crippen LogP contribution in [-0.4, -0.2) is 44.8 Å². The molecule has 0 saturated heterocycles. The number of rotatable bonds is 10. The highest BCUT2D eigenvalue weighted by molar-refractivity contribution is 5.95. The summed E-state index contributed by atoms with van der Waals surface area (Å²) in [5.41, 5.74) is 0.635. The van der Waals surface area contributed by atoms with Gasteiger partial charge in [0.25, 0.3) is 0 Å². The highest BCUT2D eigenvalue weighted by Gasteiger charge is 2.20. The minimum atomic E-state index is -0.544. The lowest BCUT2D eigenvalue weighted by Gasteiger charge is -2.23. The van der Waals surface area contributed by atoms with Crippen molar-refractivity contribution >= 4 is 23.4 Å². The van der Waals surface area contributed by atoms with Gasteiger partial charge in [0.15, 0.2) is 5.65 Å². The molecule has 0 amide bonds. The first-order valence-corrected chi connectivity index (χ1v) is 11.9. The zero-order valence-corrected chi connectivity index (χ0v) is 21.5. The Balaban J connectivity index is 1.73. The summed E-state index contributed by atoms with van der Waals surface area (Å²) >= 11 is 0. The number of hydrogen-bond donors (Lipinski definition) is 1. The van der Waals surface area contributed by atoms with Gasteiger partial charge in [0, 0.05) is 18.2 Å². The largest absolute Gasteiger partial charge is 0.490 e. The van der Waals surface area contributed by atoms with Gasteiger partial charge >= 0.3 is 11.9 Å². The van der Waals surface area contributed by atoms with E-state index >= 15 is 0 Å². The number of halogens is 1. The van der Waals surface area contributed by atoms with Crippen molar-refractivity contribution < 1.29 is 28.2 Å². The third kappa shape index (κ3) is 7.16. The number of aromatic nitrogens is 3. The van der Waals surface area contributed by atoms with Crippen molar-refractivity contribution in [3.8, 4) is 5.75 Å². The molecule has 2 heterocycles. The SMILES string of the molecule is CCOC(=O)c1cnn2ccc(N[C@H](C)c3cc(F)ccc3O[C@@H](C)CCC(=O)OC(C)(C)C)nc12. The summed E-state index contributed by atoms with van der Waals surface area (Å²) in [5, 5.41) is 7.36. The Hall–Kier alpha value is -3.69. The number of anilines is 1. The zero-order valence-electron chi connectivity index (χ0n) is 21.5. The zero-order chi connectivity index (χ0) is 26.5. The number of fused-ring (bicyclic) bond motifs is 1. The van der Waals surface area contributed by atoms with Crippen molar-refractivity contribution in [1.29, 1.82) is 0 Å². The average Bonchev–Trinajstić information content (AvgIpc) is 3.21. The molecule has 10 heteroatoms. The molecule has 2 aromatic heterocycles. The van der Waals surface area contributed by atoms with Crippen molar-refractivity contribution in [2.45, 2.75) is 72.1 Å². The Bertz CT molecular complexity index is 1220. The van der Waals surface area contributed by atoms with Crippen LogP contribution in [0, 0.1) is 5.82 Å². The number of ether oxygens (including phenoxy) is 3. The minimum absolute atomic E-state index is 0.209. The van der Waals surface area contributed by atoms with Crippen LogP contribution < -0.4 is 10.1 Å². The van der Waals surface area contributed by atoms with E-state index in [4.69, 9.17) is 14.2 Å². The fourth-order valence-electron chi connectivity index (χ4n) is 3.56. The number of nitrogens with zero attached hydrogens (tertiary/aromatic N) is 3. The van der Waals surface area contributed by atoms with Crippen LogP contribution >= 0.6 is 0 Å². The smallest absolute Gasteiger partial charge is 0.343 e. The topological polar surface area (TPSA) is 104 Å². The molecule has 36 heavy (non-hydrogen) atoms. The van der Waals surface area contributed by atoms with Gasteiger partial charge in [-0.25, -0.2) is 18.7 Å². The first kappa shape index (κ1) is 26.9. The molecule has 3 aromatic rings. The lowest BCUT2D eigenvalue weighted by molar-refractivity contribution is -0.155. The van der Waals surface area contributed by atoms with Crippen LogP contribution in [0.4, 0.5) is 10.2 Å². The maximum Gasteiger partial charge on any atom is 0.343 e. The quantitative estimate of drug-likeness (QED) is 0.383. The van der Waals surface area contributed by atoms with E-state index in [0.29, 0.717) is 29.2 Å². The molecule has 0 aliphatic carbocycles. The Morgan fingerprint density at radius 1 is 1.19 bits per heavy atom. The normalized spacial score (nSPS) is 13.2. The van der Waals surface area contributed by atoms with E-state index in [-0.39, 0.29) is 30.7 Å². The van der Waals surface area contributed by atoms with Crippen LogP contribution in [0.1, 0.15) is 76.3 Å². The molecule has 0 aliphatic rings. The van der Waals surface area contributed by atoms with Crippen LogP contribution in [0.25, 0.3) is 5.65 Å². The summed E-state index contributed by atoms with van der Waals surface area (Å²) in [5.74, 6) is -0.251. The summed E-state index contributed by atoms with van der Waals surface area (Å²) in [7, 11) is 0. The van der Waals surface area contributed by atoms with Crippen molar-refractivity contribution in [2.75, 3.05) is 11.9 Å². The lowest BCUT2D eigenvalue weighted by atomic mass is 10.1. The van der Waals surface area contributed by atoms with Crippen molar-refractivity contribution in [1.82, 2.24) is 14.6 Å². The van der Waals surface area contributed by atoms with Crippen molar-refractivity contribution in [2.24, 2.45) is 0 Å². The predicted molar refractivity (Wildman–Crippen MR) is 133 cm³/mol. The molecule has 0 aliphatic heterocycles. The Labute approximate surface area is 210 Å². The Kier molecular flexibility index (Phi) is 8.49. The van der Waals surface area contributed by atoms with E-state index in [1.54, 1.807) is 25.3 Å². The van der Waals surface area contributed by atoms with E-state index < -0.39 is 23.4 Å².